The molecule has 0 saturated heterocycles. The fourth-order valence-corrected chi connectivity index (χ4v) is 0.863. The zero-order valence-electron chi connectivity index (χ0n) is 5.58. The minimum absolute atomic E-state index is 1.25. The molecule has 0 aromatic carbocycles. The minimum atomic E-state index is 1.25. The van der Waals surface area contributed by atoms with E-state index >= 15 is 0 Å². The molecule has 0 bridgehead atoms. The van der Waals surface area contributed by atoms with Gasteiger partial charge in [-0.05, 0) is 32.4 Å². The van der Waals surface area contributed by atoms with Crippen LogP contribution in [0.1, 0.15) is 17.0 Å². The number of hydrogen-bond acceptors (Lipinski definition) is 0. The number of nitrogens with one attached hydrogen (secondary N) is 1. The molecule has 1 aromatic rings. The summed E-state index contributed by atoms with van der Waals surface area (Å²) in [6.45, 7) is 6.27. The molecule has 0 aliphatic heterocycles. The third-order valence-electron chi connectivity index (χ3n) is 1.41. The molecule has 0 fully saturated rings. The van der Waals surface area contributed by atoms with E-state index in [4.69, 9.17) is 0 Å². The summed E-state index contributed by atoms with van der Waals surface area (Å²) in [5, 5.41) is 0. The summed E-state index contributed by atoms with van der Waals surface area (Å²) < 4.78 is 0. The summed E-state index contributed by atoms with van der Waals surface area (Å²) >= 11 is 0. The molecule has 1 N–H and O–H groups in total. The number of hydrogen-bond donors (Lipinski definition) is 1. The van der Waals surface area contributed by atoms with Gasteiger partial charge in [-0.2, -0.15) is 0 Å². The van der Waals surface area contributed by atoms with E-state index < -0.39 is 0 Å². The minimum Gasteiger partial charge on any atom is -0.363 e. The van der Waals surface area contributed by atoms with Crippen LogP contribution < -0.4 is 0 Å². The molecule has 0 aliphatic rings. The number of H-pyrrole nitrogens is 1. The second-order valence-corrected chi connectivity index (χ2v) is 2.26. The Morgan fingerprint density at radius 1 is 1.25 bits per heavy atom. The Balaban J connectivity index is 3.14. The van der Waals surface area contributed by atoms with Gasteiger partial charge in [0.1, 0.15) is 0 Å². The Morgan fingerprint density at radius 3 is 2.00 bits per heavy atom. The molecular weight excluding hydrogens is 98.1 g/mol. The highest BCUT2D eigenvalue weighted by atomic mass is 14.7. The monoisotopic (exact) mass is 109 g/mol. The maximum atomic E-state index is 3.21. The van der Waals surface area contributed by atoms with Crippen molar-refractivity contribution in [3.63, 3.8) is 0 Å². The summed E-state index contributed by atoms with van der Waals surface area (Å²) in [5.74, 6) is 0. The molecule has 8 heavy (non-hydrogen) atoms. The van der Waals surface area contributed by atoms with Crippen LogP contribution in [0, 0.1) is 20.8 Å². The van der Waals surface area contributed by atoms with Crippen LogP contribution in [0.5, 0.6) is 0 Å². The van der Waals surface area contributed by atoms with E-state index in [0.717, 1.165) is 0 Å². The van der Waals surface area contributed by atoms with Crippen LogP contribution in [0.3, 0.4) is 0 Å². The predicted molar refractivity (Wildman–Crippen MR) is 35.0 cm³/mol. The maximum Gasteiger partial charge on any atom is 0.0147 e. The van der Waals surface area contributed by atoms with Gasteiger partial charge in [-0.1, -0.05) is 0 Å². The summed E-state index contributed by atoms with van der Waals surface area (Å²) in [5.41, 5.74) is 3.88. The Kier molecular flexibility index (Phi) is 1.12. The number of aromatic nitrogens is 1. The van der Waals surface area contributed by atoms with Crippen LogP contribution in [-0.2, 0) is 0 Å². The summed E-state index contributed by atoms with van der Waals surface area (Å²) in [4.78, 5) is 3.21. The van der Waals surface area contributed by atoms with E-state index in [-0.39, 0.29) is 0 Å². The summed E-state index contributed by atoms with van der Waals surface area (Å²) in [6.07, 6.45) is 0. The lowest BCUT2D eigenvalue weighted by Gasteiger charge is -1.82. The SMILES string of the molecule is Cc1cc(C)c(C)[nH]1. The van der Waals surface area contributed by atoms with Crippen molar-refractivity contribution in [2.24, 2.45) is 0 Å². The van der Waals surface area contributed by atoms with Crippen LogP contribution in [0.4, 0.5) is 0 Å². The molecule has 1 nitrogen and oxygen atoms in total. The molecule has 0 amide bonds. The van der Waals surface area contributed by atoms with Crippen LogP contribution in [0.15, 0.2) is 6.07 Å². The smallest absolute Gasteiger partial charge is 0.0147 e. The highest BCUT2D eigenvalue weighted by molar-refractivity contribution is 5.21. The first-order chi connectivity index (χ1) is 3.70. The quantitative estimate of drug-likeness (QED) is 0.524. The molecule has 0 radical (unpaired) electrons. The lowest BCUT2D eigenvalue weighted by molar-refractivity contribution is 1.17. The van der Waals surface area contributed by atoms with E-state index in [0.29, 0.717) is 0 Å². The highest BCUT2D eigenvalue weighted by Gasteiger charge is 1.92. The van der Waals surface area contributed by atoms with Crippen molar-refractivity contribution >= 4 is 0 Å². The molecule has 0 spiro atoms. The summed E-state index contributed by atoms with van der Waals surface area (Å²) in [6, 6.07) is 2.15. The third kappa shape index (κ3) is 0.760. The van der Waals surface area contributed by atoms with Gasteiger partial charge in [-0.15, -0.1) is 0 Å². The van der Waals surface area contributed by atoms with Crippen molar-refractivity contribution in [3.05, 3.63) is 23.0 Å². The zero-order valence-corrected chi connectivity index (χ0v) is 5.58. The fraction of sp³-hybridized carbons (Fsp3) is 0.429. The van der Waals surface area contributed by atoms with Gasteiger partial charge in [0.25, 0.3) is 0 Å². The van der Waals surface area contributed by atoms with Gasteiger partial charge in [-0.3, -0.25) is 0 Å². The molecule has 0 unspecified atom stereocenters. The van der Waals surface area contributed by atoms with E-state index in [1.54, 1.807) is 0 Å². The van der Waals surface area contributed by atoms with Gasteiger partial charge in [-0.25, -0.2) is 0 Å². The first-order valence-corrected chi connectivity index (χ1v) is 2.83. The average molecular weight is 109 g/mol. The van der Waals surface area contributed by atoms with E-state index in [9.17, 15) is 0 Å². The van der Waals surface area contributed by atoms with Crippen molar-refractivity contribution in [3.8, 4) is 0 Å². The second kappa shape index (κ2) is 1.66. The predicted octanol–water partition coefficient (Wildman–Crippen LogP) is 1.94. The average Bonchev–Trinajstić information content (AvgIpc) is 1.85. The summed E-state index contributed by atoms with van der Waals surface area (Å²) in [7, 11) is 0. The zero-order chi connectivity index (χ0) is 6.15. The number of aromatic amines is 1. The van der Waals surface area contributed by atoms with Crippen LogP contribution >= 0.6 is 0 Å². The molecule has 0 saturated carbocycles. The Morgan fingerprint density at radius 2 is 1.88 bits per heavy atom. The van der Waals surface area contributed by atoms with E-state index in [1.807, 2.05) is 0 Å². The fourth-order valence-electron chi connectivity index (χ4n) is 0.863. The lowest BCUT2D eigenvalue weighted by Crippen LogP contribution is -1.71. The van der Waals surface area contributed by atoms with Crippen molar-refractivity contribution in [2.45, 2.75) is 20.8 Å². The van der Waals surface area contributed by atoms with E-state index in [2.05, 4.69) is 31.8 Å². The van der Waals surface area contributed by atoms with Crippen molar-refractivity contribution < 1.29 is 0 Å². The van der Waals surface area contributed by atoms with Crippen LogP contribution in [0.2, 0.25) is 0 Å². The van der Waals surface area contributed by atoms with Crippen LogP contribution in [-0.4, -0.2) is 4.98 Å². The normalized spacial score (nSPS) is 9.88. The van der Waals surface area contributed by atoms with Crippen LogP contribution in [0.25, 0.3) is 0 Å². The Labute approximate surface area is 49.7 Å². The van der Waals surface area contributed by atoms with Gasteiger partial charge in [0.15, 0.2) is 0 Å². The standard InChI is InChI=1S/C7H11N/c1-5-4-6(2)8-7(5)3/h4,8H,1-3H3. The highest BCUT2D eigenvalue weighted by Crippen LogP contribution is 2.05. The maximum absolute atomic E-state index is 3.21. The largest absolute Gasteiger partial charge is 0.363 e. The Bertz CT molecular complexity index is 167. The van der Waals surface area contributed by atoms with Gasteiger partial charge in [0, 0.05) is 11.4 Å². The molecule has 44 valence electrons. The molecule has 0 aliphatic carbocycles. The molecule has 1 heteroatoms. The van der Waals surface area contributed by atoms with E-state index in [1.165, 1.54) is 17.0 Å². The van der Waals surface area contributed by atoms with Crippen molar-refractivity contribution in [1.82, 2.24) is 4.98 Å². The topological polar surface area (TPSA) is 15.8 Å². The van der Waals surface area contributed by atoms with Crippen molar-refractivity contribution in [1.29, 1.82) is 0 Å². The third-order valence-corrected chi connectivity index (χ3v) is 1.41. The molecular formula is C7H11N. The van der Waals surface area contributed by atoms with Gasteiger partial charge in [0.2, 0.25) is 0 Å². The second-order valence-electron chi connectivity index (χ2n) is 2.26. The van der Waals surface area contributed by atoms with Gasteiger partial charge in [0.05, 0.1) is 0 Å². The van der Waals surface area contributed by atoms with Crippen molar-refractivity contribution in [2.75, 3.05) is 0 Å². The molecule has 1 rings (SSSR count). The number of aryl methyl sites for hydroxylation is 3. The lowest BCUT2D eigenvalue weighted by atomic mass is 10.3. The Hall–Kier alpha value is -0.720. The molecule has 0 atom stereocenters. The van der Waals surface area contributed by atoms with Gasteiger partial charge >= 0.3 is 0 Å². The molecule has 1 aromatic heterocycles. The first-order valence-electron chi connectivity index (χ1n) is 2.83. The molecule has 1 heterocycles. The first kappa shape index (κ1) is 5.42. The number of rotatable bonds is 0. The van der Waals surface area contributed by atoms with Gasteiger partial charge < -0.3 is 4.98 Å².